The maximum Gasteiger partial charge on any atom is 0.289 e. The number of nitrogens with zero attached hydrogens (tertiary/aromatic N) is 2. The molecule has 0 saturated heterocycles. The fourth-order valence-electron chi connectivity index (χ4n) is 1.99. The van der Waals surface area contributed by atoms with Gasteiger partial charge in [-0.2, -0.15) is 10.5 Å². The Kier molecular flexibility index (Phi) is 4.61. The van der Waals surface area contributed by atoms with Crippen LogP contribution in [-0.2, 0) is 0 Å². The van der Waals surface area contributed by atoms with Crippen molar-refractivity contribution in [2.75, 3.05) is 11.5 Å². The lowest BCUT2D eigenvalue weighted by molar-refractivity contribution is -0.410. The van der Waals surface area contributed by atoms with Crippen LogP contribution in [0.5, 0.6) is 0 Å². The van der Waals surface area contributed by atoms with E-state index in [0.29, 0.717) is 27.5 Å². The molecule has 0 saturated carbocycles. The van der Waals surface area contributed by atoms with E-state index in [-0.39, 0.29) is 5.82 Å². The van der Waals surface area contributed by atoms with Crippen molar-refractivity contribution in [1.82, 2.24) is 0 Å². The van der Waals surface area contributed by atoms with Crippen LogP contribution < -0.4 is 10.7 Å². The summed E-state index contributed by atoms with van der Waals surface area (Å²) in [5, 5.41) is 19.5. The van der Waals surface area contributed by atoms with Gasteiger partial charge >= 0.3 is 0 Å². The Balaban J connectivity index is 2.77. The maximum absolute atomic E-state index is 9.51. The third-order valence-corrected chi connectivity index (χ3v) is 3.87. The molecule has 102 valence electrons. The highest BCUT2D eigenvalue weighted by molar-refractivity contribution is 7.99. The van der Waals surface area contributed by atoms with E-state index in [2.05, 4.69) is 23.7 Å². The van der Waals surface area contributed by atoms with Crippen LogP contribution >= 0.6 is 11.8 Å². The van der Waals surface area contributed by atoms with Crippen LogP contribution in [0.2, 0.25) is 0 Å². The molecule has 0 unspecified atom stereocenters. The fourth-order valence-corrected chi connectivity index (χ4v) is 2.75. The lowest BCUT2D eigenvalue weighted by Crippen LogP contribution is -2.18. The van der Waals surface area contributed by atoms with Crippen molar-refractivity contribution in [1.29, 1.82) is 10.5 Å². The summed E-state index contributed by atoms with van der Waals surface area (Å²) in [6.07, 6.45) is 1.75. The molecule has 0 spiro atoms. The predicted molar refractivity (Wildman–Crippen MR) is 83.2 cm³/mol. The largest absolute Gasteiger partial charge is 0.289 e. The molecule has 5 heteroatoms. The van der Waals surface area contributed by atoms with Gasteiger partial charge in [0.25, 0.3) is 5.82 Å². The van der Waals surface area contributed by atoms with E-state index in [1.54, 1.807) is 6.08 Å². The number of anilines is 1. The number of H-pyrrole nitrogens is 1. The molecular formula is C16H13N4S+. The van der Waals surface area contributed by atoms with Crippen molar-refractivity contribution in [2.24, 2.45) is 0 Å². The summed E-state index contributed by atoms with van der Waals surface area (Å²) >= 11 is 1.43. The van der Waals surface area contributed by atoms with E-state index in [0.717, 1.165) is 5.56 Å². The van der Waals surface area contributed by atoms with Gasteiger partial charge in [0.2, 0.25) is 0 Å². The highest BCUT2D eigenvalue weighted by atomic mass is 32.2. The van der Waals surface area contributed by atoms with Crippen LogP contribution in [0, 0.1) is 22.7 Å². The smallest absolute Gasteiger partial charge is 0.286 e. The molecule has 2 aromatic rings. The van der Waals surface area contributed by atoms with Crippen molar-refractivity contribution < 1.29 is 4.98 Å². The third-order valence-electron chi connectivity index (χ3n) is 2.88. The van der Waals surface area contributed by atoms with Crippen molar-refractivity contribution in [2.45, 2.75) is 5.03 Å². The number of rotatable bonds is 4. The molecule has 1 aromatic heterocycles. The Bertz CT molecular complexity index is 755. The quantitative estimate of drug-likeness (QED) is 0.693. The first-order valence-electron chi connectivity index (χ1n) is 6.21. The number of hydrogen-bond donors (Lipinski definition) is 1. The summed E-state index contributed by atoms with van der Waals surface area (Å²) in [6.45, 7) is 3.67. The van der Waals surface area contributed by atoms with Crippen LogP contribution in [0.15, 0.2) is 48.0 Å². The number of aromatic amines is 1. The first kappa shape index (κ1) is 14.6. The van der Waals surface area contributed by atoms with E-state index in [4.69, 9.17) is 5.73 Å². The second-order valence-corrected chi connectivity index (χ2v) is 5.21. The Morgan fingerprint density at radius 1 is 1.19 bits per heavy atom. The third kappa shape index (κ3) is 2.89. The molecule has 0 bridgehead atoms. The van der Waals surface area contributed by atoms with Gasteiger partial charge in [0, 0.05) is 11.3 Å². The predicted octanol–water partition coefficient (Wildman–Crippen LogP) is 2.77. The van der Waals surface area contributed by atoms with Crippen molar-refractivity contribution >= 4 is 17.6 Å². The minimum atomic E-state index is 0.266. The fraction of sp³-hybridized carbons (Fsp3) is 0.0625. The Morgan fingerprint density at radius 3 is 2.43 bits per heavy atom. The highest BCUT2D eigenvalue weighted by Gasteiger charge is 2.23. The molecule has 2 rings (SSSR count). The average Bonchev–Trinajstić information content (AvgIpc) is 2.52. The van der Waals surface area contributed by atoms with Crippen molar-refractivity contribution in [3.63, 3.8) is 0 Å². The number of aromatic nitrogens is 1. The number of nitrogen functional groups attached to an aromatic ring is 1. The summed E-state index contributed by atoms with van der Waals surface area (Å²) in [7, 11) is 0. The molecule has 0 amide bonds. The van der Waals surface area contributed by atoms with Gasteiger partial charge in [-0.1, -0.05) is 48.2 Å². The van der Waals surface area contributed by atoms with E-state index >= 15 is 0 Å². The number of nitriles is 2. The van der Waals surface area contributed by atoms with Gasteiger partial charge in [-0.05, 0) is 5.56 Å². The standard InChI is InChI=1S/C16H12N4S/c1-2-8-21-16-13(10-18)14(11-6-4-3-5-7-11)12(9-17)15(19)20-16/h2-7H,1,8H2,(H2,19,20)/p+1. The molecule has 0 radical (unpaired) electrons. The van der Waals surface area contributed by atoms with Gasteiger partial charge in [-0.15, -0.1) is 6.58 Å². The molecule has 1 heterocycles. The van der Waals surface area contributed by atoms with Crippen molar-refractivity contribution in [3.05, 3.63) is 54.1 Å². The minimum Gasteiger partial charge on any atom is -0.286 e. The normalized spacial score (nSPS) is 9.62. The summed E-state index contributed by atoms with van der Waals surface area (Å²) in [5.74, 6) is 0.909. The number of nitrogens with one attached hydrogen (secondary N) is 1. The molecule has 0 atom stereocenters. The Hall–Kier alpha value is -2.76. The number of nitrogens with two attached hydrogens (primary N) is 1. The van der Waals surface area contributed by atoms with E-state index < -0.39 is 0 Å². The monoisotopic (exact) mass is 293 g/mol. The molecule has 0 aliphatic heterocycles. The van der Waals surface area contributed by atoms with Gasteiger partial charge < -0.3 is 0 Å². The van der Waals surface area contributed by atoms with Gasteiger partial charge in [-0.3, -0.25) is 5.73 Å². The maximum atomic E-state index is 9.51. The zero-order valence-electron chi connectivity index (χ0n) is 11.3. The lowest BCUT2D eigenvalue weighted by atomic mass is 9.97. The van der Waals surface area contributed by atoms with Crippen LogP contribution in [-0.4, -0.2) is 5.75 Å². The number of pyridine rings is 1. The molecule has 1 aromatic carbocycles. The first-order chi connectivity index (χ1) is 10.2. The van der Waals surface area contributed by atoms with Gasteiger partial charge in [0.15, 0.2) is 5.03 Å². The summed E-state index contributed by atoms with van der Waals surface area (Å²) in [6, 6.07) is 13.6. The summed E-state index contributed by atoms with van der Waals surface area (Å²) < 4.78 is 0. The number of thioether (sulfide) groups is 1. The zero-order chi connectivity index (χ0) is 15.2. The van der Waals surface area contributed by atoms with Crippen molar-refractivity contribution in [3.8, 4) is 23.3 Å². The topological polar surface area (TPSA) is 87.7 Å². The van der Waals surface area contributed by atoms with Gasteiger partial charge in [0.05, 0.1) is 0 Å². The van der Waals surface area contributed by atoms with Crippen LogP contribution in [0.25, 0.3) is 11.1 Å². The minimum absolute atomic E-state index is 0.266. The molecule has 4 nitrogen and oxygen atoms in total. The molecular weight excluding hydrogens is 280 g/mol. The average molecular weight is 293 g/mol. The molecule has 0 aliphatic rings. The Morgan fingerprint density at radius 2 is 1.86 bits per heavy atom. The zero-order valence-corrected chi connectivity index (χ0v) is 12.1. The lowest BCUT2D eigenvalue weighted by Gasteiger charge is -2.09. The molecule has 0 fully saturated rings. The summed E-state index contributed by atoms with van der Waals surface area (Å²) in [5.41, 5.74) is 8.03. The van der Waals surface area contributed by atoms with Gasteiger partial charge in [0.1, 0.15) is 23.3 Å². The summed E-state index contributed by atoms with van der Waals surface area (Å²) in [4.78, 5) is 2.94. The first-order valence-corrected chi connectivity index (χ1v) is 7.19. The SMILES string of the molecule is C=CCSc1[nH+]c(N)c(C#N)c(-c2ccccc2)c1C#N. The highest BCUT2D eigenvalue weighted by Crippen LogP contribution is 2.33. The van der Waals surface area contributed by atoms with E-state index in [1.807, 2.05) is 30.3 Å². The molecule has 21 heavy (non-hydrogen) atoms. The molecule has 0 aliphatic carbocycles. The number of hydrogen-bond acceptors (Lipinski definition) is 4. The second-order valence-electron chi connectivity index (χ2n) is 4.18. The van der Waals surface area contributed by atoms with E-state index in [1.165, 1.54) is 11.8 Å². The van der Waals surface area contributed by atoms with Crippen LogP contribution in [0.1, 0.15) is 11.1 Å². The molecule has 3 N–H and O–H groups in total. The Labute approximate surface area is 127 Å². The van der Waals surface area contributed by atoms with Gasteiger partial charge in [-0.25, -0.2) is 4.98 Å². The van der Waals surface area contributed by atoms with Crippen LogP contribution in [0.3, 0.4) is 0 Å². The second kappa shape index (κ2) is 6.60. The van der Waals surface area contributed by atoms with Crippen LogP contribution in [0.4, 0.5) is 5.82 Å². The number of benzene rings is 1. The van der Waals surface area contributed by atoms with E-state index in [9.17, 15) is 10.5 Å².